The van der Waals surface area contributed by atoms with Crippen LogP contribution in [-0.2, 0) is 24.2 Å². The standard InChI is InChI=1S/C23H27NO3.C16H23NO2.BrH/c1-16-10-11-18-19-9-6-14-24(21(19)13-12-20(18)22(16)26-2)23(25)27-15-17-7-4-3-5-8-17;1-2-9-17-10-3-4-12-11-6-8-15(18)16(19)13(11)5-7-14(12)17;/h3-5,7-8,10-11,19,21H,6,9,12-15H2,1-2H3;6,8,12,14,18-19H,2-5,7,9-10H2,1H3;1H/t19-,21-;12-,14-;/m11./s1. The summed E-state index contributed by atoms with van der Waals surface area (Å²) in [5, 5.41) is 19.7. The van der Waals surface area contributed by atoms with Gasteiger partial charge in [0.2, 0.25) is 0 Å². The van der Waals surface area contributed by atoms with Crippen LogP contribution in [0.2, 0.25) is 0 Å². The number of phenolic OH excluding ortho intramolecular Hbond substituents is 2. The molecule has 7 nitrogen and oxygen atoms in total. The molecule has 0 bridgehead atoms. The third kappa shape index (κ3) is 7.29. The lowest BCUT2D eigenvalue weighted by Gasteiger charge is -2.45. The summed E-state index contributed by atoms with van der Waals surface area (Å²) in [5.41, 5.74) is 7.15. The highest BCUT2D eigenvalue weighted by atomic mass is 79.9. The van der Waals surface area contributed by atoms with Gasteiger partial charge in [-0.25, -0.2) is 4.79 Å². The Hall–Kier alpha value is -3.23. The monoisotopic (exact) mass is 706 g/mol. The number of aryl methyl sites for hydroxylation is 1. The lowest BCUT2D eigenvalue weighted by atomic mass is 9.73. The van der Waals surface area contributed by atoms with E-state index in [0.29, 0.717) is 24.5 Å². The molecule has 7 rings (SSSR count). The lowest BCUT2D eigenvalue weighted by molar-refractivity contribution is 0.0566. The van der Waals surface area contributed by atoms with Crippen LogP contribution in [0.4, 0.5) is 4.79 Å². The number of benzene rings is 3. The number of likely N-dealkylation sites (tertiary alicyclic amines) is 2. The first kappa shape index (κ1) is 35.1. The zero-order valence-corrected chi connectivity index (χ0v) is 29.8. The quantitative estimate of drug-likeness (QED) is 0.259. The molecule has 3 aromatic carbocycles. The molecule has 0 aromatic heterocycles. The topological polar surface area (TPSA) is 82.5 Å². The molecule has 254 valence electrons. The van der Waals surface area contributed by atoms with E-state index in [9.17, 15) is 15.0 Å². The average molecular weight is 708 g/mol. The maximum Gasteiger partial charge on any atom is 0.410 e. The highest BCUT2D eigenvalue weighted by molar-refractivity contribution is 8.93. The summed E-state index contributed by atoms with van der Waals surface area (Å²) in [4.78, 5) is 17.4. The van der Waals surface area contributed by atoms with Gasteiger partial charge in [0.05, 0.1) is 7.11 Å². The second-order valence-electron chi connectivity index (χ2n) is 13.5. The first-order valence-corrected chi connectivity index (χ1v) is 17.3. The Labute approximate surface area is 290 Å². The molecule has 0 radical (unpaired) electrons. The highest BCUT2D eigenvalue weighted by Crippen LogP contribution is 2.46. The molecule has 47 heavy (non-hydrogen) atoms. The largest absolute Gasteiger partial charge is 0.504 e. The van der Waals surface area contributed by atoms with Gasteiger partial charge in [0.15, 0.2) is 11.5 Å². The molecule has 0 unspecified atom stereocenters. The van der Waals surface area contributed by atoms with Crippen LogP contribution in [-0.4, -0.2) is 64.9 Å². The number of carbonyl (C=O) groups is 1. The van der Waals surface area contributed by atoms with E-state index in [4.69, 9.17) is 9.47 Å². The van der Waals surface area contributed by atoms with E-state index in [0.717, 1.165) is 61.9 Å². The van der Waals surface area contributed by atoms with Gasteiger partial charge >= 0.3 is 6.09 Å². The smallest absolute Gasteiger partial charge is 0.410 e. The molecule has 2 aliphatic carbocycles. The summed E-state index contributed by atoms with van der Waals surface area (Å²) in [6, 6.07) is 18.8. The Bertz CT molecular complexity index is 1510. The van der Waals surface area contributed by atoms with Crippen LogP contribution < -0.4 is 4.74 Å². The second kappa shape index (κ2) is 15.8. The number of rotatable bonds is 5. The molecule has 2 saturated heterocycles. The molecule has 4 atom stereocenters. The molecule has 0 spiro atoms. The fraction of sp³-hybridized carbons (Fsp3) is 0.513. The Morgan fingerprint density at radius 2 is 1.51 bits per heavy atom. The van der Waals surface area contributed by atoms with E-state index in [2.05, 4.69) is 30.9 Å². The second-order valence-corrected chi connectivity index (χ2v) is 13.5. The van der Waals surface area contributed by atoms with Crippen LogP contribution in [0.3, 0.4) is 0 Å². The summed E-state index contributed by atoms with van der Waals surface area (Å²) < 4.78 is 11.3. The van der Waals surface area contributed by atoms with E-state index >= 15 is 0 Å². The van der Waals surface area contributed by atoms with Crippen molar-refractivity contribution in [1.82, 2.24) is 9.80 Å². The van der Waals surface area contributed by atoms with E-state index in [1.165, 1.54) is 54.6 Å². The number of halogens is 1. The zero-order valence-electron chi connectivity index (χ0n) is 28.1. The van der Waals surface area contributed by atoms with Crippen LogP contribution in [0.5, 0.6) is 17.2 Å². The zero-order chi connectivity index (χ0) is 32.2. The van der Waals surface area contributed by atoms with Crippen molar-refractivity contribution in [2.75, 3.05) is 26.7 Å². The summed E-state index contributed by atoms with van der Waals surface area (Å²) in [5.74, 6) is 2.08. The molecule has 8 heteroatoms. The van der Waals surface area contributed by atoms with Gasteiger partial charge in [-0.15, -0.1) is 17.0 Å². The van der Waals surface area contributed by atoms with Crippen molar-refractivity contribution in [1.29, 1.82) is 0 Å². The van der Waals surface area contributed by atoms with Crippen LogP contribution in [0, 0.1) is 6.92 Å². The number of carbonyl (C=O) groups excluding carboxylic acids is 1. The average Bonchev–Trinajstić information content (AvgIpc) is 3.09. The molecule has 2 N–H and O–H groups in total. The van der Waals surface area contributed by atoms with Crippen molar-refractivity contribution < 1.29 is 24.5 Å². The molecular weight excluding hydrogens is 656 g/mol. The van der Waals surface area contributed by atoms with Crippen LogP contribution in [0.25, 0.3) is 0 Å². The normalized spacial score (nSPS) is 23.0. The summed E-state index contributed by atoms with van der Waals surface area (Å²) >= 11 is 0. The molecule has 2 fully saturated rings. The van der Waals surface area contributed by atoms with E-state index in [1.807, 2.05) is 41.3 Å². The fourth-order valence-corrected chi connectivity index (χ4v) is 8.73. The predicted molar refractivity (Wildman–Crippen MR) is 191 cm³/mol. The van der Waals surface area contributed by atoms with Gasteiger partial charge in [-0.1, -0.05) is 55.5 Å². The van der Waals surface area contributed by atoms with Gasteiger partial charge in [0.1, 0.15) is 12.4 Å². The van der Waals surface area contributed by atoms with Crippen molar-refractivity contribution in [3.63, 3.8) is 0 Å². The number of methoxy groups -OCH3 is 1. The lowest BCUT2D eigenvalue weighted by Crippen LogP contribution is -2.49. The molecular formula is C39H51BrN2O5. The Kier molecular flexibility index (Phi) is 11.8. The number of phenols is 2. The minimum atomic E-state index is -0.184. The van der Waals surface area contributed by atoms with E-state index < -0.39 is 0 Å². The van der Waals surface area contributed by atoms with E-state index in [-0.39, 0.29) is 40.6 Å². The van der Waals surface area contributed by atoms with Gasteiger partial charge in [-0.05, 0) is 118 Å². The number of nitrogens with zero attached hydrogens (tertiary/aromatic N) is 2. The van der Waals surface area contributed by atoms with Crippen molar-refractivity contribution >= 4 is 23.1 Å². The summed E-state index contributed by atoms with van der Waals surface area (Å²) in [6.07, 6.45) is 9.51. The van der Waals surface area contributed by atoms with Crippen molar-refractivity contribution in [3.8, 4) is 17.2 Å². The van der Waals surface area contributed by atoms with E-state index in [1.54, 1.807) is 13.2 Å². The van der Waals surface area contributed by atoms with Gasteiger partial charge in [0.25, 0.3) is 0 Å². The van der Waals surface area contributed by atoms with Gasteiger partial charge in [-0.3, -0.25) is 4.90 Å². The maximum absolute atomic E-state index is 12.8. The maximum atomic E-state index is 12.8. The van der Waals surface area contributed by atoms with Gasteiger partial charge < -0.3 is 24.6 Å². The van der Waals surface area contributed by atoms with Gasteiger partial charge in [0, 0.05) is 30.1 Å². The van der Waals surface area contributed by atoms with Crippen LogP contribution >= 0.6 is 17.0 Å². The summed E-state index contributed by atoms with van der Waals surface area (Å²) in [6.45, 7) is 7.85. The fourth-order valence-electron chi connectivity index (χ4n) is 8.73. The Morgan fingerprint density at radius 1 is 0.851 bits per heavy atom. The van der Waals surface area contributed by atoms with Crippen molar-refractivity contribution in [2.45, 2.75) is 102 Å². The van der Waals surface area contributed by atoms with Gasteiger partial charge in [-0.2, -0.15) is 0 Å². The third-order valence-electron chi connectivity index (χ3n) is 10.8. The molecule has 1 amide bonds. The number of piperidine rings is 2. The number of hydrogen-bond acceptors (Lipinski definition) is 6. The number of ether oxygens (including phenoxy) is 2. The third-order valence-corrected chi connectivity index (χ3v) is 10.8. The highest BCUT2D eigenvalue weighted by Gasteiger charge is 2.40. The van der Waals surface area contributed by atoms with Crippen LogP contribution in [0.1, 0.15) is 97.1 Å². The molecule has 3 aromatic rings. The minimum Gasteiger partial charge on any atom is -0.504 e. The Balaban J connectivity index is 0.000000191. The Morgan fingerprint density at radius 3 is 2.26 bits per heavy atom. The number of fused-ring (bicyclic) bond motifs is 6. The number of hydrogen-bond donors (Lipinski definition) is 2. The molecule has 2 heterocycles. The minimum absolute atomic E-state index is 0. The van der Waals surface area contributed by atoms with Crippen LogP contribution in [0.15, 0.2) is 54.6 Å². The first-order chi connectivity index (χ1) is 22.4. The SMILES string of the molecule is Br.CCCN1CCC[C@@H]2c3ccc(O)c(O)c3CC[C@H]21.COc1c(C)ccc2c1CC[C@@H]1[C@@H]2CCCN1C(=O)OCc1ccccc1. The molecule has 2 aliphatic heterocycles. The molecule has 0 saturated carbocycles. The molecule has 4 aliphatic rings. The van der Waals surface area contributed by atoms with Crippen molar-refractivity contribution in [2.24, 2.45) is 0 Å². The predicted octanol–water partition coefficient (Wildman–Crippen LogP) is 8.41. The number of amides is 1. The number of aromatic hydroxyl groups is 2. The first-order valence-electron chi connectivity index (χ1n) is 17.3. The van der Waals surface area contributed by atoms with Crippen molar-refractivity contribution in [3.05, 3.63) is 88.0 Å². The summed E-state index contributed by atoms with van der Waals surface area (Å²) in [7, 11) is 1.75.